The third kappa shape index (κ3) is 3.57. The Balaban J connectivity index is 1.51. The van der Waals surface area contributed by atoms with Crippen molar-refractivity contribution < 1.29 is 4.39 Å². The minimum absolute atomic E-state index is 0.119. The van der Waals surface area contributed by atoms with Gasteiger partial charge < -0.3 is 11.1 Å². The number of nitrogen functional groups attached to an aromatic ring is 1. The molecule has 9 heteroatoms. The van der Waals surface area contributed by atoms with Crippen molar-refractivity contribution in [2.45, 2.75) is 10.9 Å². The van der Waals surface area contributed by atoms with Crippen LogP contribution in [0, 0.1) is 5.82 Å². The van der Waals surface area contributed by atoms with E-state index in [1.807, 2.05) is 35.0 Å². The van der Waals surface area contributed by atoms with Crippen molar-refractivity contribution in [1.29, 1.82) is 0 Å². The van der Waals surface area contributed by atoms with E-state index in [2.05, 4.69) is 25.3 Å². The zero-order valence-corrected chi connectivity index (χ0v) is 14.3. The Kier molecular flexibility index (Phi) is 4.36. The van der Waals surface area contributed by atoms with E-state index in [-0.39, 0.29) is 11.8 Å². The molecule has 0 radical (unpaired) electrons. The predicted octanol–water partition coefficient (Wildman–Crippen LogP) is 3.28. The number of thioether (sulfide) groups is 1. The maximum Gasteiger partial charge on any atom is 0.232 e. The molecule has 0 fully saturated rings. The van der Waals surface area contributed by atoms with Gasteiger partial charge in [-0.1, -0.05) is 17.8 Å². The van der Waals surface area contributed by atoms with Gasteiger partial charge in [-0.3, -0.25) is 4.40 Å². The molecular weight excluding hydrogens is 353 g/mol. The number of fused-ring (bicyclic) bond motifs is 1. The highest BCUT2D eigenvalue weighted by Gasteiger charge is 2.09. The normalized spacial score (nSPS) is 11.0. The molecule has 4 aromatic rings. The zero-order valence-electron chi connectivity index (χ0n) is 13.5. The molecule has 0 amide bonds. The van der Waals surface area contributed by atoms with Gasteiger partial charge in [-0.2, -0.15) is 15.0 Å². The first-order valence-electron chi connectivity index (χ1n) is 7.75. The zero-order chi connectivity index (χ0) is 17.9. The first-order chi connectivity index (χ1) is 12.7. The number of nitrogens with two attached hydrogens (primary N) is 1. The Labute approximate surface area is 152 Å². The molecule has 0 aliphatic rings. The molecule has 130 valence electrons. The van der Waals surface area contributed by atoms with Crippen LogP contribution in [0.25, 0.3) is 5.52 Å². The third-order valence-corrected chi connectivity index (χ3v) is 4.50. The van der Waals surface area contributed by atoms with E-state index in [4.69, 9.17) is 5.73 Å². The van der Waals surface area contributed by atoms with Crippen LogP contribution in [0.3, 0.4) is 0 Å². The summed E-state index contributed by atoms with van der Waals surface area (Å²) in [6, 6.07) is 11.8. The molecule has 0 atom stereocenters. The molecule has 3 N–H and O–H groups in total. The summed E-state index contributed by atoms with van der Waals surface area (Å²) in [4.78, 5) is 17.0. The average molecular weight is 367 g/mol. The number of hydrogen-bond acceptors (Lipinski definition) is 7. The van der Waals surface area contributed by atoms with Crippen LogP contribution >= 0.6 is 11.8 Å². The highest BCUT2D eigenvalue weighted by Crippen LogP contribution is 2.22. The summed E-state index contributed by atoms with van der Waals surface area (Å²) in [5, 5.41) is 3.84. The maximum absolute atomic E-state index is 13.0. The van der Waals surface area contributed by atoms with Gasteiger partial charge in [0.1, 0.15) is 11.6 Å². The van der Waals surface area contributed by atoms with Gasteiger partial charge in [0, 0.05) is 11.9 Å². The van der Waals surface area contributed by atoms with Crippen LogP contribution < -0.4 is 11.1 Å². The van der Waals surface area contributed by atoms with Crippen molar-refractivity contribution in [2.24, 2.45) is 0 Å². The third-order valence-electron chi connectivity index (χ3n) is 3.53. The van der Waals surface area contributed by atoms with Crippen LogP contribution in [0.1, 0.15) is 5.82 Å². The van der Waals surface area contributed by atoms with Crippen LogP contribution in [0.5, 0.6) is 0 Å². The molecule has 4 rings (SSSR count). The minimum atomic E-state index is -0.310. The second-order valence-corrected chi connectivity index (χ2v) is 6.33. The maximum atomic E-state index is 13.0. The van der Waals surface area contributed by atoms with Gasteiger partial charge >= 0.3 is 0 Å². The molecule has 0 aliphatic carbocycles. The summed E-state index contributed by atoms with van der Waals surface area (Å²) in [6.07, 6.45) is 3.76. The van der Waals surface area contributed by atoms with E-state index in [0.717, 1.165) is 10.7 Å². The molecule has 0 unspecified atom stereocenters. The first kappa shape index (κ1) is 16.3. The number of aromatic nitrogens is 5. The Morgan fingerprint density at radius 1 is 1.08 bits per heavy atom. The van der Waals surface area contributed by atoms with Crippen molar-refractivity contribution in [1.82, 2.24) is 24.3 Å². The Morgan fingerprint density at radius 3 is 2.77 bits per heavy atom. The van der Waals surface area contributed by atoms with Crippen molar-refractivity contribution in [2.75, 3.05) is 11.1 Å². The van der Waals surface area contributed by atoms with E-state index >= 15 is 0 Å². The van der Waals surface area contributed by atoms with Crippen LogP contribution in [0.2, 0.25) is 0 Å². The monoisotopic (exact) mass is 367 g/mol. The number of halogens is 1. The van der Waals surface area contributed by atoms with Gasteiger partial charge in [0.25, 0.3) is 0 Å². The summed E-state index contributed by atoms with van der Waals surface area (Å²) in [7, 11) is 0. The largest absolute Gasteiger partial charge is 0.368 e. The number of anilines is 3. The second-order valence-electron chi connectivity index (χ2n) is 5.39. The molecule has 3 aromatic heterocycles. The van der Waals surface area contributed by atoms with Crippen molar-refractivity contribution in [3.05, 3.63) is 66.5 Å². The summed E-state index contributed by atoms with van der Waals surface area (Å²) >= 11 is 1.50. The van der Waals surface area contributed by atoms with E-state index in [1.54, 1.807) is 12.1 Å². The summed E-state index contributed by atoms with van der Waals surface area (Å²) in [6.45, 7) is 0. The van der Waals surface area contributed by atoms with Gasteiger partial charge in [0.2, 0.25) is 11.9 Å². The fourth-order valence-electron chi connectivity index (χ4n) is 2.38. The SMILES string of the molecule is Nc1nc(CSc2ncc3ccccn23)nc(Nc2ccc(F)cc2)n1. The second kappa shape index (κ2) is 6.96. The van der Waals surface area contributed by atoms with E-state index in [9.17, 15) is 4.39 Å². The highest BCUT2D eigenvalue weighted by molar-refractivity contribution is 7.98. The number of pyridine rings is 1. The lowest BCUT2D eigenvalue weighted by molar-refractivity contribution is 0.628. The Bertz CT molecular complexity index is 1050. The molecular formula is C17H14FN7S. The van der Waals surface area contributed by atoms with Crippen LogP contribution in [0.4, 0.5) is 22.0 Å². The van der Waals surface area contributed by atoms with Crippen LogP contribution in [-0.4, -0.2) is 24.3 Å². The summed E-state index contributed by atoms with van der Waals surface area (Å²) in [5.41, 5.74) is 7.46. The van der Waals surface area contributed by atoms with Crippen molar-refractivity contribution in [3.8, 4) is 0 Å². The fourth-order valence-corrected chi connectivity index (χ4v) is 3.20. The van der Waals surface area contributed by atoms with E-state index in [0.29, 0.717) is 23.2 Å². The van der Waals surface area contributed by atoms with E-state index in [1.165, 1.54) is 23.9 Å². The number of imidazole rings is 1. The number of benzene rings is 1. The van der Waals surface area contributed by atoms with Gasteiger partial charge in [-0.25, -0.2) is 9.37 Å². The number of nitrogens with zero attached hydrogens (tertiary/aromatic N) is 5. The Hall–Kier alpha value is -3.20. The standard InChI is InChI=1S/C17H14FN7S/c18-11-4-6-12(7-5-11)21-16-23-14(22-15(19)24-16)10-26-17-20-9-13-3-1-2-8-25(13)17/h1-9H,10H2,(H3,19,21,22,23,24). The predicted molar refractivity (Wildman–Crippen MR) is 98.7 cm³/mol. The summed E-state index contributed by atoms with van der Waals surface area (Å²) in [5.74, 6) is 1.13. The average Bonchev–Trinajstić information content (AvgIpc) is 3.05. The summed E-state index contributed by atoms with van der Waals surface area (Å²) < 4.78 is 15.0. The number of hydrogen-bond donors (Lipinski definition) is 2. The molecule has 0 saturated heterocycles. The Morgan fingerprint density at radius 2 is 1.92 bits per heavy atom. The smallest absolute Gasteiger partial charge is 0.232 e. The number of rotatable bonds is 5. The lowest BCUT2D eigenvalue weighted by Gasteiger charge is -2.07. The molecule has 0 aliphatic heterocycles. The van der Waals surface area contributed by atoms with Gasteiger partial charge in [0.05, 0.1) is 17.5 Å². The molecule has 0 saturated carbocycles. The topological polar surface area (TPSA) is 94.0 Å². The highest BCUT2D eigenvalue weighted by atomic mass is 32.2. The number of nitrogens with one attached hydrogen (secondary N) is 1. The molecule has 3 heterocycles. The molecule has 0 bridgehead atoms. The van der Waals surface area contributed by atoms with Crippen molar-refractivity contribution in [3.63, 3.8) is 0 Å². The first-order valence-corrected chi connectivity index (χ1v) is 8.74. The van der Waals surface area contributed by atoms with Crippen LogP contribution in [-0.2, 0) is 5.75 Å². The molecule has 0 spiro atoms. The lowest BCUT2D eigenvalue weighted by atomic mass is 10.3. The molecule has 1 aromatic carbocycles. The van der Waals surface area contributed by atoms with Crippen molar-refractivity contribution >= 4 is 34.9 Å². The van der Waals surface area contributed by atoms with Gasteiger partial charge in [-0.15, -0.1) is 0 Å². The van der Waals surface area contributed by atoms with Gasteiger partial charge in [-0.05, 0) is 36.4 Å². The van der Waals surface area contributed by atoms with Crippen LogP contribution in [0.15, 0.2) is 60.0 Å². The fraction of sp³-hybridized carbons (Fsp3) is 0.0588. The quantitative estimate of drug-likeness (QED) is 0.523. The van der Waals surface area contributed by atoms with Gasteiger partial charge in [0.15, 0.2) is 5.16 Å². The minimum Gasteiger partial charge on any atom is -0.368 e. The molecule has 7 nitrogen and oxygen atoms in total. The molecule has 26 heavy (non-hydrogen) atoms. The lowest BCUT2D eigenvalue weighted by Crippen LogP contribution is -2.06. The van der Waals surface area contributed by atoms with E-state index < -0.39 is 0 Å².